The number of Topliss-reactive ketones (excluding diaryl/α,β-unsaturated/α-hetero) is 1. The highest BCUT2D eigenvalue weighted by molar-refractivity contribution is 14.1. The summed E-state index contributed by atoms with van der Waals surface area (Å²) in [5.41, 5.74) is 1.90. The summed E-state index contributed by atoms with van der Waals surface area (Å²) >= 11 is 1.95. The molecule has 0 spiro atoms. The molecule has 1 aromatic carbocycles. The number of carbonyl (C=O) groups excluding carboxylic acids is 2. The molecule has 9 nitrogen and oxygen atoms in total. The summed E-state index contributed by atoms with van der Waals surface area (Å²) in [4.78, 5) is 32.7. The van der Waals surface area contributed by atoms with E-state index in [2.05, 4.69) is 15.8 Å². The molecule has 2 rings (SSSR count). The van der Waals surface area contributed by atoms with Crippen molar-refractivity contribution < 1.29 is 29.0 Å². The molecule has 2 aromatic rings. The average molecular weight is 478 g/mol. The molecule has 140 valence electrons. The van der Waals surface area contributed by atoms with E-state index in [1.54, 1.807) is 6.07 Å². The normalized spacial score (nSPS) is 10.7. The first-order valence-corrected chi connectivity index (χ1v) is 8.42. The third-order valence-corrected chi connectivity index (χ3v) is 3.92. The van der Waals surface area contributed by atoms with E-state index >= 15 is 0 Å². The Kier molecular flexibility index (Phi) is 7.02. The molecule has 0 atom stereocenters. The topological polar surface area (TPSA) is 126 Å². The Morgan fingerprint density at radius 3 is 2.73 bits per heavy atom. The van der Waals surface area contributed by atoms with Gasteiger partial charge >= 0.3 is 0 Å². The van der Waals surface area contributed by atoms with Gasteiger partial charge in [0.1, 0.15) is 18.2 Å². The van der Waals surface area contributed by atoms with E-state index in [1.807, 2.05) is 22.6 Å². The van der Waals surface area contributed by atoms with Gasteiger partial charge in [-0.3, -0.25) is 14.4 Å². The third-order valence-electron chi connectivity index (χ3n) is 3.25. The number of amides is 1. The van der Waals surface area contributed by atoms with Crippen molar-refractivity contribution in [1.82, 2.24) is 15.0 Å². The number of nitrogens with one attached hydrogen (secondary N) is 2. The number of aromatic nitrogens is 2. The minimum atomic E-state index is -0.806. The largest absolute Gasteiger partial charge is 0.394 e. The average Bonchev–Trinajstić information content (AvgIpc) is 2.93. The number of hydrogen-bond donors (Lipinski definition) is 4. The number of halogens is 2. The van der Waals surface area contributed by atoms with Crippen molar-refractivity contribution in [3.05, 3.63) is 39.1 Å². The third kappa shape index (κ3) is 4.55. The molecule has 0 fully saturated rings. The highest BCUT2D eigenvalue weighted by Gasteiger charge is 2.25. The standard InChI is InChI=1S/C15H16FIN4O5/c1-21-13(11(24)7-23)19-12(15(25)20-26-5-4-22)14(21)18-10-3-2-8(17)6-9(10)16/h2-3,6,18,22-23H,4-5,7H2,1H3,(H,20,25). The summed E-state index contributed by atoms with van der Waals surface area (Å²) in [7, 11) is 1.44. The molecule has 1 amide bonds. The van der Waals surface area contributed by atoms with E-state index in [-0.39, 0.29) is 36.2 Å². The second-order valence-corrected chi connectivity index (χ2v) is 6.27. The molecule has 0 radical (unpaired) electrons. The number of imidazole rings is 1. The Balaban J connectivity index is 2.42. The highest BCUT2D eigenvalue weighted by atomic mass is 127. The lowest BCUT2D eigenvalue weighted by Gasteiger charge is -2.11. The van der Waals surface area contributed by atoms with Crippen LogP contribution in [-0.2, 0) is 11.9 Å². The van der Waals surface area contributed by atoms with Crippen LogP contribution in [0.15, 0.2) is 18.2 Å². The molecule has 0 aliphatic heterocycles. The van der Waals surface area contributed by atoms with Crippen LogP contribution in [0.4, 0.5) is 15.9 Å². The minimum absolute atomic E-state index is 0.0343. The van der Waals surface area contributed by atoms with Gasteiger partial charge in [0.05, 0.1) is 18.9 Å². The van der Waals surface area contributed by atoms with Gasteiger partial charge in [-0.2, -0.15) is 0 Å². The number of ketones is 1. The van der Waals surface area contributed by atoms with Crippen molar-refractivity contribution in [3.8, 4) is 0 Å². The van der Waals surface area contributed by atoms with Gasteiger partial charge in [0.2, 0.25) is 5.78 Å². The zero-order valence-electron chi connectivity index (χ0n) is 13.6. The summed E-state index contributed by atoms with van der Waals surface area (Å²) in [5.74, 6) is -2.23. The van der Waals surface area contributed by atoms with Crippen LogP contribution in [0.5, 0.6) is 0 Å². The summed E-state index contributed by atoms with van der Waals surface area (Å²) in [6, 6.07) is 4.43. The quantitative estimate of drug-likeness (QED) is 0.191. The fraction of sp³-hybridized carbons (Fsp3) is 0.267. The van der Waals surface area contributed by atoms with Gasteiger partial charge in [0.15, 0.2) is 11.5 Å². The SMILES string of the molecule is Cn1c(C(=O)CO)nc(C(=O)NOCCO)c1Nc1ccc(I)cc1F. The van der Waals surface area contributed by atoms with Gasteiger partial charge in [0, 0.05) is 10.6 Å². The summed E-state index contributed by atoms with van der Waals surface area (Å²) in [6.07, 6.45) is 0. The maximum absolute atomic E-state index is 14.1. The molecule has 0 aliphatic rings. The maximum atomic E-state index is 14.1. The lowest BCUT2D eigenvalue weighted by molar-refractivity contribution is 0.0165. The lowest BCUT2D eigenvalue weighted by Crippen LogP contribution is -2.26. The highest BCUT2D eigenvalue weighted by Crippen LogP contribution is 2.25. The second kappa shape index (κ2) is 9.02. The van der Waals surface area contributed by atoms with Crippen molar-refractivity contribution in [2.75, 3.05) is 25.1 Å². The first kappa shape index (κ1) is 20.2. The smallest absolute Gasteiger partial charge is 0.297 e. The van der Waals surface area contributed by atoms with Crippen molar-refractivity contribution in [3.63, 3.8) is 0 Å². The van der Waals surface area contributed by atoms with Crippen LogP contribution in [0.3, 0.4) is 0 Å². The predicted molar refractivity (Wildman–Crippen MR) is 97.5 cm³/mol. The van der Waals surface area contributed by atoms with E-state index < -0.39 is 24.1 Å². The Morgan fingerprint density at radius 2 is 2.12 bits per heavy atom. The molecular formula is C15H16FIN4O5. The number of aliphatic hydroxyl groups is 2. The van der Waals surface area contributed by atoms with E-state index in [9.17, 15) is 14.0 Å². The monoisotopic (exact) mass is 478 g/mol. The van der Waals surface area contributed by atoms with E-state index in [4.69, 9.17) is 15.1 Å². The summed E-state index contributed by atoms with van der Waals surface area (Å²) < 4.78 is 16.0. The number of hydrogen-bond acceptors (Lipinski definition) is 7. The molecule has 11 heteroatoms. The molecule has 0 bridgehead atoms. The number of benzene rings is 1. The van der Waals surface area contributed by atoms with Crippen molar-refractivity contribution in [2.45, 2.75) is 0 Å². The van der Waals surface area contributed by atoms with Crippen molar-refractivity contribution in [2.24, 2.45) is 7.05 Å². The van der Waals surface area contributed by atoms with Crippen molar-refractivity contribution >= 4 is 45.8 Å². The minimum Gasteiger partial charge on any atom is -0.394 e. The van der Waals surface area contributed by atoms with E-state index in [1.165, 1.54) is 23.7 Å². The van der Waals surface area contributed by atoms with Crippen molar-refractivity contribution in [1.29, 1.82) is 0 Å². The Labute approximate surface area is 161 Å². The van der Waals surface area contributed by atoms with Gasteiger partial charge in [0.25, 0.3) is 5.91 Å². The molecule has 0 saturated heterocycles. The van der Waals surface area contributed by atoms with Crippen LogP contribution in [0.2, 0.25) is 0 Å². The number of rotatable bonds is 8. The molecule has 1 heterocycles. The first-order chi connectivity index (χ1) is 12.4. The number of nitrogens with zero attached hydrogens (tertiary/aromatic N) is 2. The molecule has 26 heavy (non-hydrogen) atoms. The summed E-state index contributed by atoms with van der Waals surface area (Å²) in [6.45, 7) is -1.25. The number of anilines is 2. The van der Waals surface area contributed by atoms with Crippen LogP contribution in [0, 0.1) is 9.39 Å². The van der Waals surface area contributed by atoms with Crippen LogP contribution in [-0.4, -0.2) is 51.3 Å². The van der Waals surface area contributed by atoms with Crippen LogP contribution in [0.25, 0.3) is 0 Å². The number of carbonyl (C=O) groups is 2. The predicted octanol–water partition coefficient (Wildman–Crippen LogP) is 0.736. The molecule has 0 saturated carbocycles. The lowest BCUT2D eigenvalue weighted by atomic mass is 10.3. The molecular weight excluding hydrogens is 462 g/mol. The van der Waals surface area contributed by atoms with Gasteiger partial charge in [-0.05, 0) is 40.8 Å². The number of aliphatic hydroxyl groups excluding tert-OH is 2. The van der Waals surface area contributed by atoms with E-state index in [0.717, 1.165) is 0 Å². The molecule has 0 aliphatic carbocycles. The van der Waals surface area contributed by atoms with Gasteiger partial charge in [-0.1, -0.05) is 0 Å². The fourth-order valence-electron chi connectivity index (χ4n) is 2.05. The first-order valence-electron chi connectivity index (χ1n) is 7.34. The Hall–Kier alpha value is -2.09. The Bertz CT molecular complexity index is 827. The van der Waals surface area contributed by atoms with Gasteiger partial charge < -0.3 is 20.1 Å². The van der Waals surface area contributed by atoms with Crippen LogP contribution < -0.4 is 10.8 Å². The van der Waals surface area contributed by atoms with Gasteiger partial charge in [-0.25, -0.2) is 14.9 Å². The molecule has 1 aromatic heterocycles. The maximum Gasteiger partial charge on any atom is 0.297 e. The zero-order chi connectivity index (χ0) is 19.3. The second-order valence-electron chi connectivity index (χ2n) is 5.03. The summed E-state index contributed by atoms with van der Waals surface area (Å²) in [5, 5.41) is 20.5. The molecule has 4 N–H and O–H groups in total. The van der Waals surface area contributed by atoms with Crippen LogP contribution in [0.1, 0.15) is 21.1 Å². The number of hydroxylamine groups is 1. The van der Waals surface area contributed by atoms with Crippen LogP contribution >= 0.6 is 22.6 Å². The fourth-order valence-corrected chi connectivity index (χ4v) is 2.50. The molecule has 0 unspecified atom stereocenters. The Morgan fingerprint density at radius 1 is 1.38 bits per heavy atom. The van der Waals surface area contributed by atoms with E-state index in [0.29, 0.717) is 3.57 Å². The van der Waals surface area contributed by atoms with Gasteiger partial charge in [-0.15, -0.1) is 0 Å². The zero-order valence-corrected chi connectivity index (χ0v) is 15.8.